The number of aliphatic imine (C=N–C) groups is 1. The molecule has 2 heteroatoms. The molecule has 1 saturated carbocycles. The van der Waals surface area contributed by atoms with Gasteiger partial charge in [0.1, 0.15) is 0 Å². The lowest BCUT2D eigenvalue weighted by molar-refractivity contribution is 0.612. The van der Waals surface area contributed by atoms with E-state index in [1.807, 2.05) is 53.0 Å². The molecule has 1 aromatic carbocycles. The van der Waals surface area contributed by atoms with Crippen LogP contribution in [0.2, 0.25) is 5.02 Å². The number of unbranched alkanes of at least 4 members (excludes halogenated alkanes) is 1. The fourth-order valence-corrected chi connectivity index (χ4v) is 6.04. The molecule has 1 fully saturated rings. The molecule has 1 nitrogen and oxygen atoms in total. The highest BCUT2D eigenvalue weighted by atomic mass is 35.5. The molecule has 3 aliphatic rings. The van der Waals surface area contributed by atoms with Crippen molar-refractivity contribution in [1.82, 2.24) is 0 Å². The van der Waals surface area contributed by atoms with Gasteiger partial charge < -0.3 is 0 Å². The van der Waals surface area contributed by atoms with Crippen molar-refractivity contribution in [2.45, 2.75) is 128 Å². The summed E-state index contributed by atoms with van der Waals surface area (Å²) in [6, 6.07) is 6.03. The van der Waals surface area contributed by atoms with Crippen molar-refractivity contribution in [2.24, 2.45) is 16.8 Å². The van der Waals surface area contributed by atoms with Crippen molar-refractivity contribution in [2.75, 3.05) is 7.05 Å². The summed E-state index contributed by atoms with van der Waals surface area (Å²) >= 11 is 6.48. The molecule has 0 aromatic heterocycles. The number of hydrogen-bond acceptors (Lipinski definition) is 1. The number of benzene rings is 1. The fraction of sp³-hybridized carbons (Fsp3) is 0.449. The highest BCUT2D eigenvalue weighted by Crippen LogP contribution is 2.34. The molecule has 0 bridgehead atoms. The Morgan fingerprint density at radius 1 is 0.922 bits per heavy atom. The molecule has 280 valence electrons. The SMILES string of the molecule is C=C(C)/C(=C\C1=C(C)CC(C)=C(C)C=C1)c1c(C)cccc1Cl.C=CC1=CC(C)C=C(C)C=C1.CC.CC1CCCC1.CCC/C=C\C(C)=NC. The molecule has 0 heterocycles. The molecular weight excluding hydrogens is 638 g/mol. The van der Waals surface area contributed by atoms with Crippen molar-refractivity contribution in [1.29, 1.82) is 0 Å². The number of rotatable bonds is 7. The van der Waals surface area contributed by atoms with Crippen molar-refractivity contribution >= 4 is 22.9 Å². The van der Waals surface area contributed by atoms with E-state index in [4.69, 9.17) is 11.6 Å². The van der Waals surface area contributed by atoms with Crippen LogP contribution in [0.25, 0.3) is 5.57 Å². The van der Waals surface area contributed by atoms with E-state index in [2.05, 4.69) is 134 Å². The third-order valence-electron chi connectivity index (χ3n) is 9.03. The summed E-state index contributed by atoms with van der Waals surface area (Å²) in [7, 11) is 1.81. The van der Waals surface area contributed by atoms with Gasteiger partial charge in [-0.15, -0.1) is 0 Å². The van der Waals surface area contributed by atoms with Gasteiger partial charge in [0.2, 0.25) is 0 Å². The third kappa shape index (κ3) is 19.7. The summed E-state index contributed by atoms with van der Waals surface area (Å²) in [6.07, 6.45) is 30.7. The van der Waals surface area contributed by atoms with Crippen LogP contribution in [-0.4, -0.2) is 12.8 Å². The Morgan fingerprint density at radius 2 is 1.57 bits per heavy atom. The van der Waals surface area contributed by atoms with Crippen molar-refractivity contribution in [3.05, 3.63) is 147 Å². The van der Waals surface area contributed by atoms with Gasteiger partial charge in [0.05, 0.1) is 0 Å². The standard InChI is InChI=1S/C22H25Cl.C11H14.C8H15N.C6H12.C2H6/c1-14(2)20(22-16(4)8-7-9-21(22)23)13-19-11-10-15(3)17(5)12-18(19)6;1-4-11-6-5-9(2)7-10(3)8-11;1-4-5-6-7-8(2)9-3;1-6-4-2-3-5-6;1-2/h7-11,13H,1,12H2,2-6H3;4-8,10H,1H2,2-3H3;6-7H,4-5H2,1-3H3;6H,2-5H2,1H3;1-2H3/b20-13+;;7-6-,9-8?;;. The predicted octanol–water partition coefficient (Wildman–Crippen LogP) is 16.1. The van der Waals surface area contributed by atoms with Gasteiger partial charge in [-0.1, -0.05) is 180 Å². The maximum absolute atomic E-state index is 6.48. The van der Waals surface area contributed by atoms with Crippen LogP contribution in [0.3, 0.4) is 0 Å². The Balaban J connectivity index is 0.000000738. The molecule has 1 unspecified atom stereocenters. The van der Waals surface area contributed by atoms with Crippen molar-refractivity contribution < 1.29 is 0 Å². The Labute approximate surface area is 320 Å². The minimum absolute atomic E-state index is 0.526. The van der Waals surface area contributed by atoms with Gasteiger partial charge in [-0.2, -0.15) is 0 Å². The lowest BCUT2D eigenvalue weighted by Crippen LogP contribution is -1.94. The van der Waals surface area contributed by atoms with E-state index in [0.717, 1.165) is 46.2 Å². The minimum atomic E-state index is 0.526. The quantitative estimate of drug-likeness (QED) is 0.197. The number of nitrogens with zero attached hydrogens (tertiary/aromatic N) is 1. The summed E-state index contributed by atoms with van der Waals surface area (Å²) in [6.45, 7) is 33.4. The first-order chi connectivity index (χ1) is 24.2. The molecule has 51 heavy (non-hydrogen) atoms. The Morgan fingerprint density at radius 3 is 2.08 bits per heavy atom. The number of hydrogen-bond donors (Lipinski definition) is 0. The van der Waals surface area contributed by atoms with Gasteiger partial charge in [-0.05, 0) is 114 Å². The third-order valence-corrected chi connectivity index (χ3v) is 9.34. The van der Waals surface area contributed by atoms with Crippen molar-refractivity contribution in [3.8, 4) is 0 Å². The van der Waals surface area contributed by atoms with Crippen LogP contribution in [0.5, 0.6) is 0 Å². The summed E-state index contributed by atoms with van der Waals surface area (Å²) in [5.41, 5.74) is 13.4. The smallest absolute Gasteiger partial charge is 0.0487 e. The van der Waals surface area contributed by atoms with Crippen molar-refractivity contribution in [3.63, 3.8) is 0 Å². The van der Waals surface area contributed by atoms with Crippen LogP contribution >= 0.6 is 11.6 Å². The first-order valence-corrected chi connectivity index (χ1v) is 19.6. The first kappa shape index (κ1) is 47.6. The van der Waals surface area contributed by atoms with Crippen LogP contribution in [0.15, 0.2) is 136 Å². The summed E-state index contributed by atoms with van der Waals surface area (Å²) in [4.78, 5) is 3.99. The highest BCUT2D eigenvalue weighted by molar-refractivity contribution is 6.32. The lowest BCUT2D eigenvalue weighted by Gasteiger charge is -2.14. The van der Waals surface area contributed by atoms with Gasteiger partial charge >= 0.3 is 0 Å². The van der Waals surface area contributed by atoms with Crippen LogP contribution in [0, 0.1) is 18.8 Å². The Bertz CT molecular complexity index is 1500. The average Bonchev–Trinajstić information content (AvgIpc) is 3.47. The monoisotopic (exact) mass is 710 g/mol. The zero-order chi connectivity index (χ0) is 38.9. The van der Waals surface area contributed by atoms with Crippen LogP contribution in [-0.2, 0) is 0 Å². The molecule has 0 amide bonds. The maximum atomic E-state index is 6.48. The second kappa shape index (κ2) is 27.3. The van der Waals surface area contributed by atoms with E-state index >= 15 is 0 Å². The predicted molar refractivity (Wildman–Crippen MR) is 236 cm³/mol. The van der Waals surface area contributed by atoms with Crippen LogP contribution < -0.4 is 0 Å². The molecule has 1 aromatic rings. The topological polar surface area (TPSA) is 12.4 Å². The van der Waals surface area contributed by atoms with Gasteiger partial charge in [0.25, 0.3) is 0 Å². The van der Waals surface area contributed by atoms with E-state index in [9.17, 15) is 0 Å². The van der Waals surface area contributed by atoms with E-state index in [1.165, 1.54) is 71.1 Å². The second-order valence-corrected chi connectivity index (χ2v) is 14.3. The van der Waals surface area contributed by atoms with E-state index in [0.29, 0.717) is 5.92 Å². The summed E-state index contributed by atoms with van der Waals surface area (Å²) in [5, 5.41) is 0.778. The zero-order valence-electron chi connectivity index (χ0n) is 34.8. The largest absolute Gasteiger partial charge is 0.293 e. The van der Waals surface area contributed by atoms with E-state index < -0.39 is 0 Å². The molecular formula is C49H72ClN. The lowest BCUT2D eigenvalue weighted by atomic mass is 9.92. The van der Waals surface area contributed by atoms with Crippen LogP contribution in [0.1, 0.15) is 132 Å². The number of aryl methyl sites for hydroxylation is 1. The zero-order valence-corrected chi connectivity index (χ0v) is 35.6. The van der Waals surface area contributed by atoms with Crippen LogP contribution in [0.4, 0.5) is 0 Å². The Hall–Kier alpha value is -3.42. The highest BCUT2D eigenvalue weighted by Gasteiger charge is 2.13. The molecule has 0 aliphatic heterocycles. The molecule has 0 saturated heterocycles. The number of halogens is 1. The summed E-state index contributed by atoms with van der Waals surface area (Å²) in [5.74, 6) is 1.57. The molecule has 4 rings (SSSR count). The normalized spacial score (nSPS) is 17.7. The van der Waals surface area contributed by atoms with Gasteiger partial charge in [0, 0.05) is 23.3 Å². The molecule has 0 N–H and O–H groups in total. The number of allylic oxidation sites excluding steroid dienone is 18. The van der Waals surface area contributed by atoms with E-state index in [-0.39, 0.29) is 0 Å². The van der Waals surface area contributed by atoms with Gasteiger partial charge in [-0.3, -0.25) is 4.99 Å². The molecule has 3 aliphatic carbocycles. The average molecular weight is 711 g/mol. The fourth-order valence-electron chi connectivity index (χ4n) is 5.71. The van der Waals surface area contributed by atoms with E-state index in [1.54, 1.807) is 0 Å². The molecule has 1 atom stereocenters. The molecule has 0 radical (unpaired) electrons. The maximum Gasteiger partial charge on any atom is 0.0487 e. The van der Waals surface area contributed by atoms with Gasteiger partial charge in [0.15, 0.2) is 0 Å². The Kier molecular flexibility index (Phi) is 25.4. The second-order valence-electron chi connectivity index (χ2n) is 13.9. The first-order valence-electron chi connectivity index (χ1n) is 19.2. The minimum Gasteiger partial charge on any atom is -0.293 e. The summed E-state index contributed by atoms with van der Waals surface area (Å²) < 4.78 is 0. The van der Waals surface area contributed by atoms with Gasteiger partial charge in [-0.25, -0.2) is 0 Å². The molecule has 0 spiro atoms.